The Morgan fingerprint density at radius 2 is 2.05 bits per heavy atom. The molecular weight excluding hydrogens is 244 g/mol. The summed E-state index contributed by atoms with van der Waals surface area (Å²) < 4.78 is 0. The predicted octanol–water partition coefficient (Wildman–Crippen LogP) is 2.40. The number of carbonyl (C=O) groups excluding carboxylic acids is 1. The van der Waals surface area contributed by atoms with E-state index in [0.717, 1.165) is 11.3 Å². The lowest BCUT2D eigenvalue weighted by atomic mass is 10.1. The highest BCUT2D eigenvalue weighted by Crippen LogP contribution is 2.37. The van der Waals surface area contributed by atoms with Crippen LogP contribution in [0.4, 0.5) is 5.69 Å². The van der Waals surface area contributed by atoms with Gasteiger partial charge in [-0.1, -0.05) is 18.2 Å². The first-order valence-electron chi connectivity index (χ1n) is 6.45. The molecular formula is C14H18N2O3. The van der Waals surface area contributed by atoms with E-state index in [4.69, 9.17) is 0 Å². The van der Waals surface area contributed by atoms with Crippen molar-refractivity contribution in [2.24, 2.45) is 5.92 Å². The Labute approximate surface area is 112 Å². The highest BCUT2D eigenvalue weighted by Gasteiger charge is 2.55. The summed E-state index contributed by atoms with van der Waals surface area (Å²) in [5, 5.41) is 10.7. The number of carbonyl (C=O) groups is 1. The summed E-state index contributed by atoms with van der Waals surface area (Å²) in [6, 6.07) is 6.91. The molecule has 0 N–H and O–H groups in total. The van der Waals surface area contributed by atoms with Gasteiger partial charge < -0.3 is 4.90 Å². The van der Waals surface area contributed by atoms with E-state index in [1.165, 1.54) is 0 Å². The number of hydrogen-bond acceptors (Lipinski definition) is 3. The van der Waals surface area contributed by atoms with Gasteiger partial charge >= 0.3 is 0 Å². The van der Waals surface area contributed by atoms with E-state index in [1.54, 1.807) is 4.90 Å². The zero-order chi connectivity index (χ0) is 14.2. The third kappa shape index (κ3) is 2.59. The summed E-state index contributed by atoms with van der Waals surface area (Å²) in [5.41, 5.74) is 1.85. The highest BCUT2D eigenvalue weighted by atomic mass is 16.6. The molecule has 1 saturated carbocycles. The maximum absolute atomic E-state index is 12.4. The molecule has 1 amide bonds. The number of nitrogens with zero attached hydrogens (tertiary/aromatic N) is 2. The van der Waals surface area contributed by atoms with E-state index < -0.39 is 12.0 Å². The van der Waals surface area contributed by atoms with Crippen molar-refractivity contribution in [1.29, 1.82) is 0 Å². The third-order valence-corrected chi connectivity index (χ3v) is 3.47. The normalized spacial score (nSPS) is 21.3. The molecule has 19 heavy (non-hydrogen) atoms. The minimum Gasteiger partial charge on any atom is -0.309 e. The molecule has 2 rings (SSSR count). The van der Waals surface area contributed by atoms with Gasteiger partial charge in [0.2, 0.25) is 11.9 Å². The van der Waals surface area contributed by atoms with Crippen molar-refractivity contribution < 1.29 is 9.72 Å². The second-order valence-electron chi connectivity index (χ2n) is 5.28. The Morgan fingerprint density at radius 1 is 1.42 bits per heavy atom. The molecule has 0 saturated heterocycles. The van der Waals surface area contributed by atoms with E-state index in [-0.39, 0.29) is 16.9 Å². The molecule has 0 heterocycles. The molecule has 0 radical (unpaired) electrons. The second kappa shape index (κ2) is 4.99. The molecule has 0 aliphatic heterocycles. The lowest BCUT2D eigenvalue weighted by Crippen LogP contribution is -2.39. The molecule has 1 aliphatic rings. The number of amides is 1. The second-order valence-corrected chi connectivity index (χ2v) is 5.28. The number of para-hydroxylation sites is 1. The van der Waals surface area contributed by atoms with E-state index in [2.05, 4.69) is 0 Å². The SMILES string of the molecule is Cc1ccccc1N(C(=O)[C@@H]1C[C@@H]1[N+](=O)[O-])C(C)C. The van der Waals surface area contributed by atoms with E-state index in [0.29, 0.717) is 6.42 Å². The van der Waals surface area contributed by atoms with Crippen LogP contribution in [0, 0.1) is 23.0 Å². The Morgan fingerprint density at radius 3 is 2.53 bits per heavy atom. The first-order valence-corrected chi connectivity index (χ1v) is 6.45. The van der Waals surface area contributed by atoms with Crippen molar-refractivity contribution in [2.45, 2.75) is 39.3 Å². The van der Waals surface area contributed by atoms with Crippen LogP contribution in [-0.2, 0) is 4.79 Å². The van der Waals surface area contributed by atoms with E-state index >= 15 is 0 Å². The van der Waals surface area contributed by atoms with Gasteiger partial charge in [-0.25, -0.2) is 0 Å². The molecule has 102 valence electrons. The number of rotatable bonds is 4. The molecule has 2 atom stereocenters. The van der Waals surface area contributed by atoms with E-state index in [9.17, 15) is 14.9 Å². The van der Waals surface area contributed by atoms with Crippen LogP contribution < -0.4 is 4.90 Å². The maximum Gasteiger partial charge on any atom is 0.237 e. The van der Waals surface area contributed by atoms with Gasteiger partial charge in [-0.3, -0.25) is 14.9 Å². The van der Waals surface area contributed by atoms with Crippen LogP contribution in [0.25, 0.3) is 0 Å². The standard InChI is InChI=1S/C14H18N2O3/c1-9(2)15(12-7-5-4-6-10(12)3)14(17)11-8-13(11)16(18)19/h4-7,9,11,13H,8H2,1-3H3/t11-,13+/m1/s1. The molecule has 1 aliphatic carbocycles. The zero-order valence-corrected chi connectivity index (χ0v) is 11.4. The average molecular weight is 262 g/mol. The molecule has 5 nitrogen and oxygen atoms in total. The predicted molar refractivity (Wildman–Crippen MR) is 72.7 cm³/mol. The van der Waals surface area contributed by atoms with E-state index in [1.807, 2.05) is 45.0 Å². The van der Waals surface area contributed by atoms with Gasteiger partial charge in [0, 0.05) is 23.1 Å². The van der Waals surface area contributed by atoms with Crippen LogP contribution in [0.3, 0.4) is 0 Å². The summed E-state index contributed by atoms with van der Waals surface area (Å²) in [4.78, 5) is 24.5. The van der Waals surface area contributed by atoms with Crippen molar-refractivity contribution >= 4 is 11.6 Å². The van der Waals surface area contributed by atoms with Gasteiger partial charge in [-0.15, -0.1) is 0 Å². The van der Waals surface area contributed by atoms with Gasteiger partial charge in [0.15, 0.2) is 0 Å². The van der Waals surface area contributed by atoms with Gasteiger partial charge in [0.1, 0.15) is 5.92 Å². The smallest absolute Gasteiger partial charge is 0.237 e. The number of hydrogen-bond donors (Lipinski definition) is 0. The van der Waals surface area contributed by atoms with Crippen molar-refractivity contribution in [2.75, 3.05) is 4.90 Å². The molecule has 0 bridgehead atoms. The Balaban J connectivity index is 2.25. The lowest BCUT2D eigenvalue weighted by molar-refractivity contribution is -0.497. The minimum atomic E-state index is -0.697. The Hall–Kier alpha value is -1.91. The van der Waals surface area contributed by atoms with Crippen molar-refractivity contribution in [3.05, 3.63) is 39.9 Å². The molecule has 0 aromatic heterocycles. The summed E-state index contributed by atoms with van der Waals surface area (Å²) in [7, 11) is 0. The van der Waals surface area contributed by atoms with Crippen molar-refractivity contribution in [3.8, 4) is 0 Å². The fourth-order valence-electron chi connectivity index (χ4n) is 2.34. The van der Waals surface area contributed by atoms with Crippen molar-refractivity contribution in [3.63, 3.8) is 0 Å². The van der Waals surface area contributed by atoms with Crippen LogP contribution in [0.5, 0.6) is 0 Å². The summed E-state index contributed by atoms with van der Waals surface area (Å²) >= 11 is 0. The fraction of sp³-hybridized carbons (Fsp3) is 0.500. The molecule has 5 heteroatoms. The first-order chi connectivity index (χ1) is 8.93. The van der Waals surface area contributed by atoms with Crippen LogP contribution in [0.15, 0.2) is 24.3 Å². The summed E-state index contributed by atoms with van der Waals surface area (Å²) in [5.74, 6) is -0.594. The van der Waals surface area contributed by atoms with Crippen LogP contribution in [0.2, 0.25) is 0 Å². The third-order valence-electron chi connectivity index (χ3n) is 3.47. The zero-order valence-electron chi connectivity index (χ0n) is 11.4. The largest absolute Gasteiger partial charge is 0.309 e. The highest BCUT2D eigenvalue weighted by molar-refractivity contribution is 5.98. The number of aryl methyl sites for hydroxylation is 1. The van der Waals surface area contributed by atoms with Gasteiger partial charge in [0.25, 0.3) is 0 Å². The number of anilines is 1. The van der Waals surface area contributed by atoms with Crippen LogP contribution in [0.1, 0.15) is 25.8 Å². The number of benzene rings is 1. The van der Waals surface area contributed by atoms with Crippen LogP contribution in [-0.4, -0.2) is 22.9 Å². The molecule has 1 fully saturated rings. The summed E-state index contributed by atoms with van der Waals surface area (Å²) in [6.07, 6.45) is 0.362. The van der Waals surface area contributed by atoms with Gasteiger partial charge in [-0.05, 0) is 32.4 Å². The Kier molecular flexibility index (Phi) is 3.55. The average Bonchev–Trinajstić information content (AvgIpc) is 3.11. The quantitative estimate of drug-likeness (QED) is 0.618. The van der Waals surface area contributed by atoms with Crippen molar-refractivity contribution in [1.82, 2.24) is 0 Å². The first kappa shape index (κ1) is 13.5. The summed E-state index contributed by atoms with van der Waals surface area (Å²) in [6.45, 7) is 5.79. The molecule has 0 spiro atoms. The monoisotopic (exact) mass is 262 g/mol. The van der Waals surface area contributed by atoms with Crippen LogP contribution >= 0.6 is 0 Å². The molecule has 1 aromatic carbocycles. The van der Waals surface area contributed by atoms with Gasteiger partial charge in [-0.2, -0.15) is 0 Å². The molecule has 0 unspecified atom stereocenters. The Bertz CT molecular complexity index is 513. The van der Waals surface area contributed by atoms with Gasteiger partial charge in [0.05, 0.1) is 0 Å². The minimum absolute atomic E-state index is 0.0124. The molecule has 1 aromatic rings. The fourth-order valence-corrected chi connectivity index (χ4v) is 2.34. The topological polar surface area (TPSA) is 63.5 Å². The maximum atomic E-state index is 12.4. The lowest BCUT2D eigenvalue weighted by Gasteiger charge is -2.28. The number of nitro groups is 1.